The van der Waals surface area contributed by atoms with Crippen LogP contribution in [0.25, 0.3) is 11.0 Å². The fraction of sp³-hybridized carbons (Fsp3) is 0. The van der Waals surface area contributed by atoms with Crippen molar-refractivity contribution in [1.82, 2.24) is 15.4 Å². The highest BCUT2D eigenvalue weighted by atomic mass is 19.2. The Morgan fingerprint density at radius 3 is 2.45 bits per heavy atom. The highest BCUT2D eigenvalue weighted by molar-refractivity contribution is 6.05. The number of fused-ring (bicyclic) bond motifs is 1. The van der Waals surface area contributed by atoms with Crippen LogP contribution in [-0.4, -0.2) is 21.3 Å². The number of carbonyl (C=O) groups excluding carboxylic acids is 1. The maximum atomic E-state index is 13.5. The highest BCUT2D eigenvalue weighted by Gasteiger charge is 2.23. The van der Waals surface area contributed by atoms with Crippen molar-refractivity contribution in [1.29, 1.82) is 0 Å². The molecule has 0 atom stereocenters. The number of carbonyl (C=O) groups is 1. The van der Waals surface area contributed by atoms with Gasteiger partial charge in [-0.1, -0.05) is 0 Å². The van der Waals surface area contributed by atoms with Crippen LogP contribution in [0.15, 0.2) is 24.3 Å². The molecule has 5 nitrogen and oxygen atoms in total. The SMILES string of the molecule is O=C(Nc1ccc2n[nH]nc2c1)c1cc(F)c(F)c(F)c1F. The molecule has 0 aliphatic rings. The zero-order chi connectivity index (χ0) is 15.9. The van der Waals surface area contributed by atoms with E-state index in [1.807, 2.05) is 0 Å². The fourth-order valence-corrected chi connectivity index (χ4v) is 1.85. The van der Waals surface area contributed by atoms with Gasteiger partial charge in [-0.3, -0.25) is 4.79 Å². The number of nitrogens with zero attached hydrogens (tertiary/aromatic N) is 2. The van der Waals surface area contributed by atoms with Crippen LogP contribution in [0.4, 0.5) is 23.2 Å². The maximum absolute atomic E-state index is 13.5. The predicted molar refractivity (Wildman–Crippen MR) is 68.1 cm³/mol. The lowest BCUT2D eigenvalue weighted by Gasteiger charge is -2.07. The fourth-order valence-electron chi connectivity index (χ4n) is 1.85. The van der Waals surface area contributed by atoms with E-state index in [-0.39, 0.29) is 11.8 Å². The van der Waals surface area contributed by atoms with E-state index < -0.39 is 34.7 Å². The highest BCUT2D eigenvalue weighted by Crippen LogP contribution is 2.21. The molecule has 0 unspecified atom stereocenters. The van der Waals surface area contributed by atoms with Crippen LogP contribution < -0.4 is 5.32 Å². The Morgan fingerprint density at radius 2 is 1.68 bits per heavy atom. The second kappa shape index (κ2) is 5.10. The molecule has 1 heterocycles. The van der Waals surface area contributed by atoms with Crippen molar-refractivity contribution in [3.8, 4) is 0 Å². The lowest BCUT2D eigenvalue weighted by molar-refractivity contribution is 0.102. The molecule has 1 aromatic heterocycles. The van der Waals surface area contributed by atoms with Gasteiger partial charge < -0.3 is 5.32 Å². The van der Waals surface area contributed by atoms with Gasteiger partial charge in [-0.25, -0.2) is 17.6 Å². The van der Waals surface area contributed by atoms with Crippen molar-refractivity contribution in [3.63, 3.8) is 0 Å². The molecule has 22 heavy (non-hydrogen) atoms. The molecule has 1 amide bonds. The summed E-state index contributed by atoms with van der Waals surface area (Å²) in [5, 5.41) is 12.2. The van der Waals surface area contributed by atoms with Crippen LogP contribution in [-0.2, 0) is 0 Å². The standard InChI is InChI=1S/C13H6F4N4O/c14-7-4-6(10(15)12(17)11(7)16)13(22)18-5-1-2-8-9(3-5)20-21-19-8/h1-4H,(H,18,22)(H,19,20,21). The normalized spacial score (nSPS) is 10.9. The molecular weight excluding hydrogens is 304 g/mol. The number of halogens is 4. The molecule has 0 saturated heterocycles. The summed E-state index contributed by atoms with van der Waals surface area (Å²) in [7, 11) is 0. The number of amides is 1. The summed E-state index contributed by atoms with van der Waals surface area (Å²) in [6, 6.07) is 4.68. The molecule has 0 radical (unpaired) electrons. The van der Waals surface area contributed by atoms with E-state index in [9.17, 15) is 22.4 Å². The number of H-pyrrole nitrogens is 1. The Balaban J connectivity index is 1.94. The molecule has 0 fully saturated rings. The zero-order valence-electron chi connectivity index (χ0n) is 10.6. The van der Waals surface area contributed by atoms with Crippen LogP contribution in [0.2, 0.25) is 0 Å². The van der Waals surface area contributed by atoms with Crippen molar-refractivity contribution >= 4 is 22.6 Å². The van der Waals surface area contributed by atoms with Gasteiger partial charge in [0.1, 0.15) is 11.0 Å². The minimum absolute atomic E-state index is 0.205. The quantitative estimate of drug-likeness (QED) is 0.434. The Labute approximate surface area is 119 Å². The average molecular weight is 310 g/mol. The molecule has 3 aromatic rings. The topological polar surface area (TPSA) is 70.7 Å². The lowest BCUT2D eigenvalue weighted by atomic mass is 10.1. The van der Waals surface area contributed by atoms with Gasteiger partial charge in [0.25, 0.3) is 5.91 Å². The summed E-state index contributed by atoms with van der Waals surface area (Å²) < 4.78 is 52.6. The van der Waals surface area contributed by atoms with Crippen molar-refractivity contribution in [2.75, 3.05) is 5.32 Å². The van der Waals surface area contributed by atoms with E-state index in [0.29, 0.717) is 11.0 Å². The first kappa shape index (κ1) is 14.0. The maximum Gasteiger partial charge on any atom is 0.258 e. The zero-order valence-corrected chi connectivity index (χ0v) is 10.6. The first-order valence-electron chi connectivity index (χ1n) is 5.92. The van der Waals surface area contributed by atoms with Gasteiger partial charge in [-0.2, -0.15) is 15.4 Å². The summed E-state index contributed by atoms with van der Waals surface area (Å²) in [5.41, 5.74) is 0.213. The Morgan fingerprint density at radius 1 is 0.955 bits per heavy atom. The smallest absolute Gasteiger partial charge is 0.258 e. The number of rotatable bonds is 2. The van der Waals surface area contributed by atoms with Gasteiger partial charge in [0.15, 0.2) is 23.3 Å². The third-order valence-electron chi connectivity index (χ3n) is 2.92. The summed E-state index contributed by atoms with van der Waals surface area (Å²) in [4.78, 5) is 11.9. The van der Waals surface area contributed by atoms with Crippen molar-refractivity contribution in [2.24, 2.45) is 0 Å². The Bertz CT molecular complexity index is 893. The third-order valence-corrected chi connectivity index (χ3v) is 2.92. The van der Waals surface area contributed by atoms with Crippen LogP contribution >= 0.6 is 0 Å². The minimum atomic E-state index is -2.04. The van der Waals surface area contributed by atoms with E-state index in [2.05, 4.69) is 20.7 Å². The second-order valence-electron chi connectivity index (χ2n) is 4.33. The number of hydrogen-bond acceptors (Lipinski definition) is 3. The van der Waals surface area contributed by atoms with Crippen molar-refractivity contribution < 1.29 is 22.4 Å². The van der Waals surface area contributed by atoms with Crippen LogP contribution in [0.3, 0.4) is 0 Å². The Kier molecular flexibility index (Phi) is 3.24. The first-order valence-corrected chi connectivity index (χ1v) is 5.92. The van der Waals surface area contributed by atoms with Crippen molar-refractivity contribution in [2.45, 2.75) is 0 Å². The number of hydrogen-bond donors (Lipinski definition) is 2. The molecular formula is C13H6F4N4O. The Hall–Kier alpha value is -2.97. The molecule has 3 rings (SSSR count). The van der Waals surface area contributed by atoms with Gasteiger partial charge >= 0.3 is 0 Å². The van der Waals surface area contributed by atoms with Crippen LogP contribution in [0.1, 0.15) is 10.4 Å². The number of aromatic amines is 1. The molecule has 0 bridgehead atoms. The van der Waals surface area contributed by atoms with E-state index in [0.717, 1.165) is 0 Å². The second-order valence-corrected chi connectivity index (χ2v) is 4.33. The number of nitrogens with one attached hydrogen (secondary N) is 2. The average Bonchev–Trinajstić information content (AvgIpc) is 2.96. The number of aromatic nitrogens is 3. The predicted octanol–water partition coefficient (Wildman–Crippen LogP) is 2.77. The molecule has 112 valence electrons. The first-order chi connectivity index (χ1) is 10.5. The van der Waals surface area contributed by atoms with Gasteiger partial charge in [0, 0.05) is 5.69 Å². The number of benzene rings is 2. The number of anilines is 1. The summed E-state index contributed by atoms with van der Waals surface area (Å²) in [5.74, 6) is -8.57. The monoisotopic (exact) mass is 310 g/mol. The van der Waals surface area contributed by atoms with Crippen LogP contribution in [0.5, 0.6) is 0 Å². The van der Waals surface area contributed by atoms with E-state index in [4.69, 9.17) is 0 Å². The molecule has 0 aliphatic heterocycles. The molecule has 0 saturated carbocycles. The molecule has 2 aromatic carbocycles. The minimum Gasteiger partial charge on any atom is -0.322 e. The summed E-state index contributed by atoms with van der Waals surface area (Å²) >= 11 is 0. The molecule has 0 aliphatic carbocycles. The van der Waals surface area contributed by atoms with Gasteiger partial charge in [-0.05, 0) is 24.3 Å². The molecule has 2 N–H and O–H groups in total. The van der Waals surface area contributed by atoms with Crippen LogP contribution in [0, 0.1) is 23.3 Å². The molecule has 0 spiro atoms. The van der Waals surface area contributed by atoms with Gasteiger partial charge in [0.2, 0.25) is 0 Å². The largest absolute Gasteiger partial charge is 0.322 e. The van der Waals surface area contributed by atoms with Gasteiger partial charge in [-0.15, -0.1) is 0 Å². The third kappa shape index (κ3) is 2.26. The summed E-state index contributed by atoms with van der Waals surface area (Å²) in [6.45, 7) is 0. The molecule has 9 heteroatoms. The summed E-state index contributed by atoms with van der Waals surface area (Å²) in [6.07, 6.45) is 0. The van der Waals surface area contributed by atoms with E-state index >= 15 is 0 Å². The van der Waals surface area contributed by atoms with E-state index in [1.165, 1.54) is 18.2 Å². The van der Waals surface area contributed by atoms with E-state index in [1.54, 1.807) is 0 Å². The lowest BCUT2D eigenvalue weighted by Crippen LogP contribution is -2.16. The van der Waals surface area contributed by atoms with Crippen molar-refractivity contribution in [3.05, 3.63) is 53.1 Å². The van der Waals surface area contributed by atoms with Gasteiger partial charge in [0.05, 0.1) is 5.56 Å².